The van der Waals surface area contributed by atoms with Crippen LogP contribution in [0.15, 0.2) is 52.4 Å². The summed E-state index contributed by atoms with van der Waals surface area (Å²) in [5.74, 6) is 0.182. The summed E-state index contributed by atoms with van der Waals surface area (Å²) < 4.78 is 0. The Kier molecular flexibility index (Phi) is 7.16. The van der Waals surface area contributed by atoms with Crippen molar-refractivity contribution in [3.8, 4) is 17.3 Å². The molecule has 2 N–H and O–H groups in total. The van der Waals surface area contributed by atoms with E-state index >= 15 is 0 Å². The molecule has 2 heterocycles. The molecule has 2 aromatic carbocycles. The molecule has 8 heteroatoms. The second kappa shape index (κ2) is 10.4. The molecule has 0 atom stereocenters. The van der Waals surface area contributed by atoms with Crippen molar-refractivity contribution >= 4 is 12.2 Å². The Balaban J connectivity index is 1.54. The summed E-state index contributed by atoms with van der Waals surface area (Å²) in [6.07, 6.45) is 1.74. The van der Waals surface area contributed by atoms with Crippen LogP contribution in [-0.4, -0.2) is 59.2 Å². The van der Waals surface area contributed by atoms with Gasteiger partial charge in [0.1, 0.15) is 11.6 Å². The van der Waals surface area contributed by atoms with Crippen LogP contribution in [0.25, 0.3) is 11.3 Å². The fourth-order valence-corrected chi connectivity index (χ4v) is 4.07. The second-order valence-corrected chi connectivity index (χ2v) is 8.70. The van der Waals surface area contributed by atoms with E-state index in [4.69, 9.17) is 0 Å². The predicted molar refractivity (Wildman–Crippen MR) is 135 cm³/mol. The number of nitrogens with zero attached hydrogens (tertiary/aromatic N) is 5. The molecule has 0 bridgehead atoms. The summed E-state index contributed by atoms with van der Waals surface area (Å²) in [4.78, 5) is 24.3. The first kappa shape index (κ1) is 23.4. The average Bonchev–Trinajstić information content (AvgIpc) is 2.83. The van der Waals surface area contributed by atoms with Crippen molar-refractivity contribution < 1.29 is 0 Å². The van der Waals surface area contributed by atoms with Crippen LogP contribution in [0.4, 0.5) is 5.95 Å². The van der Waals surface area contributed by atoms with Gasteiger partial charge in [0.25, 0.3) is 5.56 Å². The van der Waals surface area contributed by atoms with Crippen LogP contribution in [0.5, 0.6) is 0 Å². The van der Waals surface area contributed by atoms with E-state index in [0.717, 1.165) is 43.9 Å². The summed E-state index contributed by atoms with van der Waals surface area (Å²) >= 11 is 0. The van der Waals surface area contributed by atoms with Gasteiger partial charge in [-0.3, -0.25) is 14.7 Å². The van der Waals surface area contributed by atoms with E-state index in [-0.39, 0.29) is 11.5 Å². The number of nitrogens with one attached hydrogen (secondary N) is 2. The number of hydrogen-bond acceptors (Lipinski definition) is 7. The van der Waals surface area contributed by atoms with Gasteiger partial charge >= 0.3 is 0 Å². The van der Waals surface area contributed by atoms with Gasteiger partial charge in [0.15, 0.2) is 0 Å². The largest absolute Gasteiger partial charge is 0.304 e. The van der Waals surface area contributed by atoms with Gasteiger partial charge in [0.05, 0.1) is 11.9 Å². The summed E-state index contributed by atoms with van der Waals surface area (Å²) in [7, 11) is 2.16. The third-order valence-corrected chi connectivity index (χ3v) is 6.17. The zero-order chi connectivity index (χ0) is 24.1. The lowest BCUT2D eigenvalue weighted by atomic mass is 10.00. The number of aromatic amines is 1. The fraction of sp³-hybridized carbons (Fsp3) is 0.308. The first-order valence-electron chi connectivity index (χ1n) is 11.3. The summed E-state index contributed by atoms with van der Waals surface area (Å²) in [5.41, 5.74) is 7.99. The number of piperazine rings is 1. The predicted octanol–water partition coefficient (Wildman–Crippen LogP) is 3.12. The molecule has 0 aliphatic carbocycles. The van der Waals surface area contributed by atoms with Crippen molar-refractivity contribution in [2.45, 2.75) is 20.4 Å². The van der Waals surface area contributed by atoms with E-state index in [0.29, 0.717) is 11.3 Å². The fourth-order valence-electron chi connectivity index (χ4n) is 4.07. The highest BCUT2D eigenvalue weighted by Crippen LogP contribution is 2.20. The van der Waals surface area contributed by atoms with Gasteiger partial charge in [-0.1, -0.05) is 36.4 Å². The molecule has 1 saturated heterocycles. The molecule has 0 radical (unpaired) electrons. The molecule has 3 aromatic rings. The minimum absolute atomic E-state index is 0.0244. The molecular formula is C26H29N7O. The third-order valence-electron chi connectivity index (χ3n) is 6.17. The number of hydrazone groups is 1. The highest BCUT2D eigenvalue weighted by molar-refractivity contribution is 5.82. The van der Waals surface area contributed by atoms with Crippen molar-refractivity contribution in [3.63, 3.8) is 0 Å². The van der Waals surface area contributed by atoms with Crippen molar-refractivity contribution in [2.75, 3.05) is 38.7 Å². The van der Waals surface area contributed by atoms with Crippen molar-refractivity contribution in [2.24, 2.45) is 5.10 Å². The topological polar surface area (TPSA) is 100 Å². The minimum atomic E-state index is -0.505. The minimum Gasteiger partial charge on any atom is -0.304 e. The molecule has 0 amide bonds. The number of nitriles is 1. The zero-order valence-corrected chi connectivity index (χ0v) is 19.8. The maximum absolute atomic E-state index is 12.4. The van der Waals surface area contributed by atoms with Crippen molar-refractivity contribution in [3.05, 3.63) is 80.6 Å². The Morgan fingerprint density at radius 3 is 2.59 bits per heavy atom. The SMILES string of the molecule is Cc1cc(C)c(CN2CCN(C)CC2)cc1C=NNc1nc(-c2ccccc2)c(C#N)c(=O)[nH]1. The first-order chi connectivity index (χ1) is 16.4. The Morgan fingerprint density at radius 2 is 1.88 bits per heavy atom. The van der Waals surface area contributed by atoms with E-state index in [9.17, 15) is 10.1 Å². The quantitative estimate of drug-likeness (QED) is 0.438. The normalized spacial score (nSPS) is 14.9. The van der Waals surface area contributed by atoms with Crippen LogP contribution in [0.1, 0.15) is 27.8 Å². The van der Waals surface area contributed by atoms with Crippen LogP contribution in [-0.2, 0) is 6.54 Å². The molecule has 4 rings (SSSR count). The van der Waals surface area contributed by atoms with Crippen molar-refractivity contribution in [1.82, 2.24) is 19.8 Å². The van der Waals surface area contributed by atoms with Crippen LogP contribution >= 0.6 is 0 Å². The summed E-state index contributed by atoms with van der Waals surface area (Å²) in [6, 6.07) is 15.5. The van der Waals surface area contributed by atoms with Gasteiger partial charge in [-0.15, -0.1) is 0 Å². The zero-order valence-electron chi connectivity index (χ0n) is 19.8. The standard InChI is InChI=1S/C26H29N7O/c1-18-13-19(2)22(17-33-11-9-32(3)10-12-33)14-21(18)16-28-31-26-29-24(20-7-5-4-6-8-20)23(15-27)25(34)30-26/h4-8,13-14,16H,9-12,17H2,1-3H3,(H2,29,30,31,34). The second-order valence-electron chi connectivity index (χ2n) is 8.70. The summed E-state index contributed by atoms with van der Waals surface area (Å²) in [5, 5.41) is 13.7. The molecule has 1 aliphatic rings. The lowest BCUT2D eigenvalue weighted by Crippen LogP contribution is -2.44. The van der Waals surface area contributed by atoms with Gasteiger partial charge in [0, 0.05) is 38.3 Å². The highest BCUT2D eigenvalue weighted by Gasteiger charge is 2.16. The Bertz CT molecular complexity index is 1280. The number of rotatable bonds is 6. The molecule has 1 fully saturated rings. The van der Waals surface area contributed by atoms with E-state index in [1.165, 1.54) is 11.1 Å². The van der Waals surface area contributed by atoms with Crippen LogP contribution in [0, 0.1) is 25.2 Å². The van der Waals surface area contributed by atoms with Gasteiger partial charge in [-0.25, -0.2) is 10.4 Å². The lowest BCUT2D eigenvalue weighted by Gasteiger charge is -2.32. The number of anilines is 1. The van der Waals surface area contributed by atoms with Gasteiger partial charge < -0.3 is 4.90 Å². The first-order valence-corrected chi connectivity index (χ1v) is 11.3. The Hall–Kier alpha value is -3.80. The summed E-state index contributed by atoms with van der Waals surface area (Å²) in [6.45, 7) is 9.43. The maximum Gasteiger partial charge on any atom is 0.270 e. The van der Waals surface area contributed by atoms with E-state index in [1.807, 2.05) is 36.4 Å². The average molecular weight is 456 g/mol. The molecule has 174 valence electrons. The van der Waals surface area contributed by atoms with Gasteiger partial charge in [0.2, 0.25) is 5.95 Å². The van der Waals surface area contributed by atoms with Crippen molar-refractivity contribution in [1.29, 1.82) is 5.26 Å². The van der Waals surface area contributed by atoms with Gasteiger partial charge in [-0.2, -0.15) is 10.4 Å². The number of aromatic nitrogens is 2. The number of H-pyrrole nitrogens is 1. The number of likely N-dealkylation sites (N-methyl/N-ethyl adjacent to an activating group) is 1. The maximum atomic E-state index is 12.4. The molecule has 34 heavy (non-hydrogen) atoms. The highest BCUT2D eigenvalue weighted by atomic mass is 16.1. The Labute approximate surface area is 199 Å². The molecule has 0 unspecified atom stereocenters. The number of hydrogen-bond donors (Lipinski definition) is 2. The van der Waals surface area contributed by atoms with Crippen LogP contribution in [0.2, 0.25) is 0 Å². The van der Waals surface area contributed by atoms with E-state index in [2.05, 4.69) is 63.3 Å². The molecule has 8 nitrogen and oxygen atoms in total. The van der Waals surface area contributed by atoms with Gasteiger partial charge in [-0.05, 0) is 49.2 Å². The molecule has 0 saturated carbocycles. The number of aryl methyl sites for hydroxylation is 2. The Morgan fingerprint density at radius 1 is 1.15 bits per heavy atom. The smallest absolute Gasteiger partial charge is 0.270 e. The molecule has 1 aliphatic heterocycles. The monoisotopic (exact) mass is 455 g/mol. The van der Waals surface area contributed by atoms with Crippen LogP contribution < -0.4 is 11.0 Å². The third kappa shape index (κ3) is 5.39. The van der Waals surface area contributed by atoms with E-state index < -0.39 is 5.56 Å². The van der Waals surface area contributed by atoms with Crippen LogP contribution in [0.3, 0.4) is 0 Å². The lowest BCUT2D eigenvalue weighted by molar-refractivity contribution is 0.148. The van der Waals surface area contributed by atoms with E-state index in [1.54, 1.807) is 6.21 Å². The molecule has 1 aromatic heterocycles. The molecule has 0 spiro atoms. The molecular weight excluding hydrogens is 426 g/mol. The number of benzene rings is 2.